The molecule has 1 aliphatic heterocycles. The molecule has 0 aliphatic carbocycles. The van der Waals surface area contributed by atoms with E-state index in [1.807, 2.05) is 54.6 Å². The van der Waals surface area contributed by atoms with Gasteiger partial charge in [0.2, 0.25) is 5.44 Å². The molecule has 0 fully saturated rings. The quantitative estimate of drug-likeness (QED) is 0.676. The van der Waals surface area contributed by atoms with Crippen molar-refractivity contribution >= 4 is 22.2 Å². The summed E-state index contributed by atoms with van der Waals surface area (Å²) in [6, 6.07) is 16.9. The molecule has 2 unspecified atom stereocenters. The van der Waals surface area contributed by atoms with Crippen molar-refractivity contribution in [2.75, 3.05) is 10.8 Å². The van der Waals surface area contributed by atoms with Gasteiger partial charge < -0.3 is 10.5 Å². The van der Waals surface area contributed by atoms with Gasteiger partial charge in [0.1, 0.15) is 11.4 Å². The third kappa shape index (κ3) is 3.48. The predicted molar refractivity (Wildman–Crippen MR) is 104 cm³/mol. The lowest BCUT2D eigenvalue weighted by atomic mass is 10.0. The van der Waals surface area contributed by atoms with Crippen molar-refractivity contribution < 1.29 is 13.8 Å². The summed E-state index contributed by atoms with van der Waals surface area (Å²) in [4.78, 5) is 0. The molecule has 0 amide bonds. The van der Waals surface area contributed by atoms with Crippen molar-refractivity contribution in [3.63, 3.8) is 0 Å². The minimum absolute atomic E-state index is 0.0143. The van der Waals surface area contributed by atoms with Crippen LogP contribution in [0.3, 0.4) is 0 Å². The van der Waals surface area contributed by atoms with Crippen LogP contribution in [-0.4, -0.2) is 21.1 Å². The standard InChI is InChI=1S/C19H26N2O3S/c1-2-8-15(13-14-20)19-24-18-12-7-6-11-17(18)21(25(19,22)23)16-9-4-3-5-10-16/h3-7,9-12,15,19,22-23H,2,8,13-14,20H2,1H3. The smallest absolute Gasteiger partial charge is 0.209 e. The number of nitrogens with two attached hydrogens (primary N) is 1. The minimum atomic E-state index is -3.22. The number of fused-ring (bicyclic) bond motifs is 1. The molecule has 0 saturated heterocycles. The van der Waals surface area contributed by atoms with E-state index in [2.05, 4.69) is 6.92 Å². The van der Waals surface area contributed by atoms with Gasteiger partial charge in [-0.25, -0.2) is 4.31 Å². The first-order chi connectivity index (χ1) is 12.1. The number of ether oxygens (including phenoxy) is 1. The van der Waals surface area contributed by atoms with Crippen molar-refractivity contribution in [1.82, 2.24) is 0 Å². The molecule has 1 aliphatic rings. The largest absolute Gasteiger partial charge is 0.466 e. The summed E-state index contributed by atoms with van der Waals surface area (Å²) in [7, 11) is -3.22. The van der Waals surface area contributed by atoms with Crippen LogP contribution in [0.5, 0.6) is 5.75 Å². The van der Waals surface area contributed by atoms with Crippen LogP contribution in [-0.2, 0) is 0 Å². The van der Waals surface area contributed by atoms with Gasteiger partial charge in [0.15, 0.2) is 0 Å². The third-order valence-electron chi connectivity index (χ3n) is 4.48. The second-order valence-corrected chi connectivity index (χ2v) is 8.22. The number of hydrogen-bond acceptors (Lipinski definition) is 5. The highest BCUT2D eigenvalue weighted by molar-refractivity contribution is 8.26. The topological polar surface area (TPSA) is 79.0 Å². The van der Waals surface area contributed by atoms with Crippen LogP contribution in [0.25, 0.3) is 0 Å². The van der Waals surface area contributed by atoms with Crippen LogP contribution in [0.4, 0.5) is 11.4 Å². The molecule has 2 atom stereocenters. The van der Waals surface area contributed by atoms with Crippen LogP contribution < -0.4 is 14.8 Å². The van der Waals surface area contributed by atoms with Crippen LogP contribution in [0.1, 0.15) is 26.2 Å². The van der Waals surface area contributed by atoms with Crippen LogP contribution >= 0.6 is 10.8 Å². The Morgan fingerprint density at radius 2 is 1.76 bits per heavy atom. The maximum absolute atomic E-state index is 11.2. The van der Waals surface area contributed by atoms with Crippen molar-refractivity contribution in [3.05, 3.63) is 54.6 Å². The highest BCUT2D eigenvalue weighted by Gasteiger charge is 2.44. The van der Waals surface area contributed by atoms with Gasteiger partial charge in [0, 0.05) is 5.92 Å². The van der Waals surface area contributed by atoms with Gasteiger partial charge in [0.25, 0.3) is 0 Å². The van der Waals surface area contributed by atoms with Crippen molar-refractivity contribution in [1.29, 1.82) is 0 Å². The SMILES string of the molecule is CCCC(CCN)C1Oc2ccccc2N(c2ccccc2)S1(O)O. The number of rotatable bonds is 6. The van der Waals surface area contributed by atoms with Gasteiger partial charge in [-0.2, -0.15) is 0 Å². The molecule has 5 nitrogen and oxygen atoms in total. The van der Waals surface area contributed by atoms with E-state index in [-0.39, 0.29) is 5.92 Å². The summed E-state index contributed by atoms with van der Waals surface area (Å²) in [5, 5.41) is 0. The summed E-state index contributed by atoms with van der Waals surface area (Å²) in [6.45, 7) is 2.58. The fourth-order valence-corrected chi connectivity index (χ4v) is 5.48. The molecule has 0 saturated carbocycles. The average Bonchev–Trinajstić information content (AvgIpc) is 2.61. The van der Waals surface area contributed by atoms with Gasteiger partial charge in [-0.05, 0) is 43.7 Å². The van der Waals surface area contributed by atoms with E-state index in [0.717, 1.165) is 18.5 Å². The monoisotopic (exact) mass is 362 g/mol. The van der Waals surface area contributed by atoms with E-state index in [0.29, 0.717) is 24.4 Å². The lowest BCUT2D eigenvalue weighted by molar-refractivity contribution is 0.172. The molecule has 6 heteroatoms. The Morgan fingerprint density at radius 3 is 2.44 bits per heavy atom. The normalized spacial score (nSPS) is 21.1. The van der Waals surface area contributed by atoms with Crippen molar-refractivity contribution in [3.8, 4) is 5.75 Å². The molecule has 3 rings (SSSR count). The Kier molecular flexibility index (Phi) is 5.54. The maximum atomic E-state index is 11.2. The van der Waals surface area contributed by atoms with Gasteiger partial charge in [-0.15, -0.1) is 0 Å². The van der Waals surface area contributed by atoms with Gasteiger partial charge >= 0.3 is 0 Å². The molecule has 2 aromatic carbocycles. The third-order valence-corrected chi connectivity index (χ3v) is 6.53. The number of nitrogens with zero attached hydrogens (tertiary/aromatic N) is 1. The van der Waals surface area contributed by atoms with Crippen LogP contribution in [0.2, 0.25) is 0 Å². The van der Waals surface area contributed by atoms with E-state index in [9.17, 15) is 9.11 Å². The minimum Gasteiger partial charge on any atom is -0.466 e. The lowest BCUT2D eigenvalue weighted by Gasteiger charge is -2.53. The highest BCUT2D eigenvalue weighted by Crippen LogP contribution is 2.62. The van der Waals surface area contributed by atoms with Crippen molar-refractivity contribution in [2.24, 2.45) is 11.7 Å². The molecule has 0 bridgehead atoms. The molecule has 0 radical (unpaired) electrons. The Labute approximate surface area is 150 Å². The molecule has 25 heavy (non-hydrogen) atoms. The molecule has 136 valence electrons. The number of benzene rings is 2. The molecule has 0 spiro atoms. The van der Waals surface area contributed by atoms with Gasteiger partial charge in [-0.1, -0.05) is 54.5 Å². The molecular weight excluding hydrogens is 336 g/mol. The summed E-state index contributed by atoms with van der Waals surface area (Å²) < 4.78 is 30.2. The number of anilines is 2. The van der Waals surface area contributed by atoms with E-state index in [4.69, 9.17) is 10.5 Å². The van der Waals surface area contributed by atoms with Crippen molar-refractivity contribution in [2.45, 2.75) is 31.6 Å². The summed E-state index contributed by atoms with van der Waals surface area (Å²) in [5.41, 5.74) is 6.49. The zero-order chi connectivity index (χ0) is 17.9. The van der Waals surface area contributed by atoms with E-state index in [1.54, 1.807) is 4.31 Å². The first-order valence-electron chi connectivity index (χ1n) is 8.67. The molecule has 1 heterocycles. The first-order valence-corrected chi connectivity index (χ1v) is 10.2. The number of para-hydroxylation sites is 3. The lowest BCUT2D eigenvalue weighted by Crippen LogP contribution is -2.43. The Balaban J connectivity index is 2.09. The van der Waals surface area contributed by atoms with Crippen LogP contribution in [0, 0.1) is 5.92 Å². The summed E-state index contributed by atoms with van der Waals surface area (Å²) in [6.07, 6.45) is 2.47. The Bertz CT molecular complexity index is 690. The second-order valence-electron chi connectivity index (χ2n) is 6.27. The fourth-order valence-electron chi connectivity index (χ4n) is 3.38. The van der Waals surface area contributed by atoms with E-state index >= 15 is 0 Å². The van der Waals surface area contributed by atoms with E-state index in [1.165, 1.54) is 0 Å². The summed E-state index contributed by atoms with van der Waals surface area (Å²) in [5.74, 6) is 0.653. The van der Waals surface area contributed by atoms with E-state index < -0.39 is 16.2 Å². The average molecular weight is 362 g/mol. The maximum Gasteiger partial charge on any atom is 0.209 e. The fraction of sp³-hybridized carbons (Fsp3) is 0.368. The second kappa shape index (κ2) is 7.66. The predicted octanol–water partition coefficient (Wildman–Crippen LogP) is 4.97. The number of hydrogen-bond donors (Lipinski definition) is 3. The Hall–Kier alpha value is -1.73. The van der Waals surface area contributed by atoms with Gasteiger partial charge in [-0.3, -0.25) is 9.11 Å². The molecule has 0 aromatic heterocycles. The molecular formula is C19H26N2O3S. The van der Waals surface area contributed by atoms with Crippen LogP contribution in [0.15, 0.2) is 54.6 Å². The Morgan fingerprint density at radius 1 is 1.08 bits per heavy atom. The molecule has 4 N–H and O–H groups in total. The zero-order valence-electron chi connectivity index (χ0n) is 14.4. The highest BCUT2D eigenvalue weighted by atomic mass is 32.3. The zero-order valence-corrected chi connectivity index (χ0v) is 15.2. The first kappa shape index (κ1) is 18.1. The molecule has 2 aromatic rings. The summed E-state index contributed by atoms with van der Waals surface area (Å²) >= 11 is 0. The van der Waals surface area contributed by atoms with Gasteiger partial charge in [0.05, 0.1) is 5.69 Å².